The monoisotopic (exact) mass is 365 g/mol. The van der Waals surface area contributed by atoms with Crippen LogP contribution in [0.15, 0.2) is 52.3 Å². The Kier molecular flexibility index (Phi) is 7.15. The molecule has 7 nitrogen and oxygen atoms in total. The lowest BCUT2D eigenvalue weighted by atomic mass is 10.3. The van der Waals surface area contributed by atoms with Crippen LogP contribution in [0.1, 0.15) is 26.2 Å². The molecule has 1 aromatic heterocycles. The zero-order valence-corrected chi connectivity index (χ0v) is 15.0. The molecule has 0 aliphatic carbocycles. The Labute approximate surface area is 147 Å². The van der Waals surface area contributed by atoms with Gasteiger partial charge in [0.2, 0.25) is 10.0 Å². The van der Waals surface area contributed by atoms with Gasteiger partial charge in [-0.1, -0.05) is 13.3 Å². The van der Waals surface area contributed by atoms with Crippen LogP contribution in [0.5, 0.6) is 5.75 Å². The molecule has 0 saturated carbocycles. The van der Waals surface area contributed by atoms with Gasteiger partial charge in [-0.25, -0.2) is 17.8 Å². The van der Waals surface area contributed by atoms with Crippen molar-refractivity contribution in [2.75, 3.05) is 13.2 Å². The third-order valence-corrected chi connectivity index (χ3v) is 5.00. The van der Waals surface area contributed by atoms with Crippen molar-refractivity contribution in [2.45, 2.75) is 37.6 Å². The lowest BCUT2D eigenvalue weighted by Crippen LogP contribution is -2.27. The average Bonchev–Trinajstić information content (AvgIpc) is 2.61. The summed E-state index contributed by atoms with van der Waals surface area (Å²) < 4.78 is 33.8. The number of hydrogen-bond acceptors (Lipinski definition) is 5. The van der Waals surface area contributed by atoms with Gasteiger partial charge in [0.05, 0.1) is 11.5 Å². The normalized spacial score (nSPS) is 11.4. The van der Waals surface area contributed by atoms with Crippen molar-refractivity contribution >= 4 is 10.0 Å². The molecule has 2 aromatic rings. The van der Waals surface area contributed by atoms with E-state index in [1.807, 2.05) is 0 Å². The van der Waals surface area contributed by atoms with Crippen LogP contribution < -0.4 is 15.0 Å². The van der Waals surface area contributed by atoms with Crippen LogP contribution in [-0.4, -0.2) is 31.3 Å². The lowest BCUT2D eigenvalue weighted by Gasteiger charge is -2.09. The number of hydrogen-bond donors (Lipinski definition) is 1. The number of aromatic nitrogens is 2. The Hall–Kier alpha value is -2.19. The van der Waals surface area contributed by atoms with Crippen LogP contribution in [0, 0.1) is 0 Å². The number of nitrogens with one attached hydrogen (secondary N) is 1. The van der Waals surface area contributed by atoms with Gasteiger partial charge in [0.25, 0.3) is 5.56 Å². The van der Waals surface area contributed by atoms with Crippen molar-refractivity contribution in [3.05, 3.63) is 52.9 Å². The van der Waals surface area contributed by atoms with E-state index in [2.05, 4.69) is 16.7 Å². The highest BCUT2D eigenvalue weighted by atomic mass is 32.2. The first kappa shape index (κ1) is 19.1. The molecule has 0 atom stereocenters. The van der Waals surface area contributed by atoms with Crippen LogP contribution in [-0.2, 0) is 16.6 Å². The fourth-order valence-corrected chi connectivity index (χ4v) is 3.20. The second-order valence-corrected chi connectivity index (χ2v) is 7.28. The molecule has 0 saturated heterocycles. The first-order chi connectivity index (χ1) is 12.0. The molecule has 0 fully saturated rings. The van der Waals surface area contributed by atoms with Gasteiger partial charge in [-0.3, -0.25) is 4.79 Å². The molecule has 0 unspecified atom stereocenters. The van der Waals surface area contributed by atoms with Gasteiger partial charge in [0.1, 0.15) is 5.75 Å². The molecule has 8 heteroatoms. The first-order valence-electron chi connectivity index (χ1n) is 8.27. The summed E-state index contributed by atoms with van der Waals surface area (Å²) in [5.41, 5.74) is -0.205. The summed E-state index contributed by atoms with van der Waals surface area (Å²) in [7, 11) is -3.58. The smallest absolute Gasteiger partial charge is 0.266 e. The van der Waals surface area contributed by atoms with Crippen molar-refractivity contribution in [3.63, 3.8) is 0 Å². The Balaban J connectivity index is 1.84. The molecule has 1 aromatic carbocycles. The van der Waals surface area contributed by atoms with E-state index < -0.39 is 10.0 Å². The van der Waals surface area contributed by atoms with Crippen LogP contribution in [0.3, 0.4) is 0 Å². The maximum Gasteiger partial charge on any atom is 0.266 e. The zero-order chi connectivity index (χ0) is 18.1. The highest BCUT2D eigenvalue weighted by Crippen LogP contribution is 2.16. The van der Waals surface area contributed by atoms with Crippen molar-refractivity contribution < 1.29 is 13.2 Å². The van der Waals surface area contributed by atoms with Gasteiger partial charge in [0, 0.05) is 25.4 Å². The zero-order valence-electron chi connectivity index (χ0n) is 14.2. The number of ether oxygens (including phenoxy) is 1. The molecule has 0 aliphatic rings. The van der Waals surface area contributed by atoms with E-state index in [4.69, 9.17) is 4.74 Å². The molecular formula is C17H23N3O4S. The highest BCUT2D eigenvalue weighted by molar-refractivity contribution is 7.89. The maximum absolute atomic E-state index is 12.2. The summed E-state index contributed by atoms with van der Waals surface area (Å²) in [6, 6.07) is 9.33. The number of aryl methyl sites for hydroxylation is 1. The van der Waals surface area contributed by atoms with E-state index in [1.54, 1.807) is 18.2 Å². The van der Waals surface area contributed by atoms with Crippen molar-refractivity contribution in [1.82, 2.24) is 14.5 Å². The fraction of sp³-hybridized carbons (Fsp3) is 0.412. The average molecular weight is 365 g/mol. The van der Waals surface area contributed by atoms with Gasteiger partial charge in [-0.05, 0) is 43.2 Å². The lowest BCUT2D eigenvalue weighted by molar-refractivity contribution is 0.309. The second-order valence-electron chi connectivity index (χ2n) is 5.51. The van der Waals surface area contributed by atoms with Gasteiger partial charge in [-0.2, -0.15) is 5.10 Å². The summed E-state index contributed by atoms with van der Waals surface area (Å²) in [6.07, 6.45) is 3.99. The molecule has 0 amide bonds. The predicted octanol–water partition coefficient (Wildman–Crippen LogP) is 1.79. The van der Waals surface area contributed by atoms with E-state index >= 15 is 0 Å². The topological polar surface area (TPSA) is 90.3 Å². The number of unbranched alkanes of at least 4 members (excludes halogenated alkanes) is 1. The highest BCUT2D eigenvalue weighted by Gasteiger charge is 2.13. The van der Waals surface area contributed by atoms with Crippen LogP contribution in [0.2, 0.25) is 0 Å². The standard InChI is InChI=1S/C17H23N3O4S/c1-2-3-14-24-15-7-9-16(10-8-15)25(22,23)19-12-5-13-20-17(21)6-4-11-18-20/h4,6-11,19H,2-3,5,12-14H2,1H3. The summed E-state index contributed by atoms with van der Waals surface area (Å²) in [4.78, 5) is 11.7. The van der Waals surface area contributed by atoms with E-state index in [-0.39, 0.29) is 17.0 Å². The Morgan fingerprint density at radius 2 is 1.92 bits per heavy atom. The molecule has 0 bridgehead atoms. The molecule has 0 spiro atoms. The van der Waals surface area contributed by atoms with Gasteiger partial charge in [-0.15, -0.1) is 0 Å². The molecule has 0 aliphatic heterocycles. The molecular weight excluding hydrogens is 342 g/mol. The molecule has 1 heterocycles. The minimum Gasteiger partial charge on any atom is -0.494 e. The van der Waals surface area contributed by atoms with E-state index in [0.717, 1.165) is 12.8 Å². The molecule has 136 valence electrons. The van der Waals surface area contributed by atoms with Gasteiger partial charge < -0.3 is 4.74 Å². The predicted molar refractivity (Wildman–Crippen MR) is 95.1 cm³/mol. The Morgan fingerprint density at radius 3 is 2.60 bits per heavy atom. The largest absolute Gasteiger partial charge is 0.494 e. The summed E-state index contributed by atoms with van der Waals surface area (Å²) in [5.74, 6) is 0.655. The minimum absolute atomic E-state index is 0.186. The van der Waals surface area contributed by atoms with Crippen molar-refractivity contribution in [3.8, 4) is 5.75 Å². The number of nitrogens with zero attached hydrogens (tertiary/aromatic N) is 2. The molecule has 1 N–H and O–H groups in total. The summed E-state index contributed by atoms with van der Waals surface area (Å²) in [5, 5.41) is 3.92. The van der Waals surface area contributed by atoms with Gasteiger partial charge in [0.15, 0.2) is 0 Å². The Bertz CT molecular complexity index is 816. The number of rotatable bonds is 10. The third kappa shape index (κ3) is 5.99. The summed E-state index contributed by atoms with van der Waals surface area (Å²) in [6.45, 7) is 3.27. The Morgan fingerprint density at radius 1 is 1.16 bits per heavy atom. The molecule has 0 radical (unpaired) electrons. The van der Waals surface area contributed by atoms with E-state index in [1.165, 1.54) is 29.1 Å². The van der Waals surface area contributed by atoms with Crippen LogP contribution >= 0.6 is 0 Å². The number of sulfonamides is 1. The fourth-order valence-electron chi connectivity index (χ4n) is 2.12. The van der Waals surface area contributed by atoms with E-state index in [9.17, 15) is 13.2 Å². The molecule has 2 rings (SSSR count). The minimum atomic E-state index is -3.58. The SMILES string of the molecule is CCCCOc1ccc(S(=O)(=O)NCCCn2ncccc2=O)cc1. The van der Waals surface area contributed by atoms with Crippen molar-refractivity contribution in [1.29, 1.82) is 0 Å². The second kappa shape index (κ2) is 9.33. The molecule has 25 heavy (non-hydrogen) atoms. The third-order valence-electron chi connectivity index (χ3n) is 3.52. The van der Waals surface area contributed by atoms with Crippen LogP contribution in [0.4, 0.5) is 0 Å². The van der Waals surface area contributed by atoms with Crippen LogP contribution in [0.25, 0.3) is 0 Å². The van der Waals surface area contributed by atoms with Gasteiger partial charge >= 0.3 is 0 Å². The first-order valence-corrected chi connectivity index (χ1v) is 9.76. The number of benzene rings is 1. The quantitative estimate of drug-likeness (QED) is 0.648. The summed E-state index contributed by atoms with van der Waals surface area (Å²) >= 11 is 0. The van der Waals surface area contributed by atoms with E-state index in [0.29, 0.717) is 25.3 Å². The maximum atomic E-state index is 12.2. The van der Waals surface area contributed by atoms with Crippen molar-refractivity contribution in [2.24, 2.45) is 0 Å².